The molecule has 4 rings (SSSR count). The first-order valence-electron chi connectivity index (χ1n) is 8.40. The van der Waals surface area contributed by atoms with Gasteiger partial charge in [-0.3, -0.25) is 4.79 Å². The Hall–Kier alpha value is -1.99. The molecular formula is C19H19NO4S2. The lowest BCUT2D eigenvalue weighted by Gasteiger charge is -2.15. The molecule has 0 aliphatic carbocycles. The van der Waals surface area contributed by atoms with Crippen molar-refractivity contribution in [2.45, 2.75) is 11.1 Å². The van der Waals surface area contributed by atoms with Gasteiger partial charge in [-0.2, -0.15) is 0 Å². The van der Waals surface area contributed by atoms with Crippen molar-refractivity contribution in [3.63, 3.8) is 0 Å². The van der Waals surface area contributed by atoms with Crippen LogP contribution in [0.3, 0.4) is 0 Å². The van der Waals surface area contributed by atoms with Gasteiger partial charge < -0.3 is 19.5 Å². The van der Waals surface area contributed by atoms with Crippen molar-refractivity contribution < 1.29 is 19.0 Å². The van der Waals surface area contributed by atoms with E-state index in [1.807, 2.05) is 59.9 Å². The first-order valence-corrected chi connectivity index (χ1v) is 10.5. The van der Waals surface area contributed by atoms with E-state index < -0.39 is 0 Å². The summed E-state index contributed by atoms with van der Waals surface area (Å²) in [5, 5.41) is 2.88. The molecule has 0 atom stereocenters. The average molecular weight is 389 g/mol. The minimum absolute atomic E-state index is 0.00359. The molecule has 0 radical (unpaired) electrons. The minimum Gasteiger partial charge on any atom is -0.483 e. The van der Waals surface area contributed by atoms with Crippen molar-refractivity contribution in [3.8, 4) is 17.2 Å². The molecule has 2 aliphatic heterocycles. The van der Waals surface area contributed by atoms with Crippen LogP contribution in [0.1, 0.15) is 15.7 Å². The number of hydrogen-bond acceptors (Lipinski definition) is 6. The molecule has 136 valence electrons. The van der Waals surface area contributed by atoms with Crippen LogP contribution in [0, 0.1) is 0 Å². The van der Waals surface area contributed by atoms with Crippen LogP contribution in [0.4, 0.5) is 0 Å². The molecule has 0 bridgehead atoms. The molecular weight excluding hydrogens is 370 g/mol. The van der Waals surface area contributed by atoms with Crippen molar-refractivity contribution in [1.82, 2.24) is 5.32 Å². The van der Waals surface area contributed by atoms with Crippen LogP contribution < -0.4 is 19.5 Å². The summed E-state index contributed by atoms with van der Waals surface area (Å²) in [6, 6.07) is 13.6. The Morgan fingerprint density at radius 2 is 1.92 bits per heavy atom. The number of benzene rings is 2. The molecule has 0 saturated carbocycles. The second-order valence-corrected chi connectivity index (χ2v) is 8.59. The van der Waals surface area contributed by atoms with Crippen LogP contribution in [-0.4, -0.2) is 30.8 Å². The molecule has 2 heterocycles. The standard InChI is InChI=1S/C19H19NO4S2/c21-18(20-10-13-5-6-16-17(9-13)24-12-23-16)11-22-15-4-2-1-3-14(15)19-25-7-8-26-19/h1-6,9,19H,7-8,10-12H2,(H,20,21). The molecule has 1 N–H and O–H groups in total. The molecule has 2 aliphatic rings. The second kappa shape index (κ2) is 8.14. The molecule has 0 spiro atoms. The molecule has 2 aromatic carbocycles. The van der Waals surface area contributed by atoms with Crippen LogP contribution in [0.25, 0.3) is 0 Å². The van der Waals surface area contributed by atoms with Crippen LogP contribution >= 0.6 is 23.5 Å². The molecule has 5 nitrogen and oxygen atoms in total. The van der Waals surface area contributed by atoms with Gasteiger partial charge in [0.25, 0.3) is 5.91 Å². The zero-order valence-electron chi connectivity index (χ0n) is 14.1. The SMILES string of the molecule is O=C(COc1ccccc1C1SCCS1)NCc1ccc2c(c1)OCO2. The van der Waals surface area contributed by atoms with E-state index in [4.69, 9.17) is 14.2 Å². The Morgan fingerprint density at radius 3 is 2.81 bits per heavy atom. The average Bonchev–Trinajstić information content (AvgIpc) is 3.36. The molecule has 7 heteroatoms. The summed E-state index contributed by atoms with van der Waals surface area (Å²) in [5.74, 6) is 4.40. The topological polar surface area (TPSA) is 56.8 Å². The highest BCUT2D eigenvalue weighted by molar-refractivity contribution is 8.19. The number of hydrogen-bond donors (Lipinski definition) is 1. The van der Waals surface area contributed by atoms with E-state index in [-0.39, 0.29) is 19.3 Å². The van der Waals surface area contributed by atoms with Crippen LogP contribution in [0.5, 0.6) is 17.2 Å². The number of fused-ring (bicyclic) bond motifs is 1. The molecule has 1 saturated heterocycles. The zero-order valence-corrected chi connectivity index (χ0v) is 15.7. The van der Waals surface area contributed by atoms with Crippen molar-refractivity contribution in [2.75, 3.05) is 24.9 Å². The third-order valence-corrected chi connectivity index (χ3v) is 7.15. The quantitative estimate of drug-likeness (QED) is 0.815. The molecule has 0 aromatic heterocycles. The number of thioether (sulfide) groups is 2. The Kier molecular flexibility index (Phi) is 5.45. The number of carbonyl (C=O) groups excluding carboxylic acids is 1. The highest BCUT2D eigenvalue weighted by Crippen LogP contribution is 2.48. The van der Waals surface area contributed by atoms with Crippen LogP contribution in [0.2, 0.25) is 0 Å². The smallest absolute Gasteiger partial charge is 0.258 e. The van der Waals surface area contributed by atoms with Gasteiger partial charge in [-0.15, -0.1) is 23.5 Å². The van der Waals surface area contributed by atoms with Crippen LogP contribution in [0.15, 0.2) is 42.5 Å². The van der Waals surface area contributed by atoms with Gasteiger partial charge in [-0.1, -0.05) is 24.3 Å². The molecule has 1 amide bonds. The maximum Gasteiger partial charge on any atom is 0.258 e. The maximum atomic E-state index is 12.2. The predicted octanol–water partition coefficient (Wildman–Crippen LogP) is 3.59. The summed E-state index contributed by atoms with van der Waals surface area (Å²) in [7, 11) is 0. The summed E-state index contributed by atoms with van der Waals surface area (Å²) in [5.41, 5.74) is 2.12. The summed E-state index contributed by atoms with van der Waals surface area (Å²) >= 11 is 3.84. The van der Waals surface area contributed by atoms with E-state index >= 15 is 0 Å². The fourth-order valence-corrected chi connectivity index (χ4v) is 5.70. The van der Waals surface area contributed by atoms with Gasteiger partial charge in [-0.05, 0) is 23.8 Å². The number of ether oxygens (including phenoxy) is 3. The fraction of sp³-hybridized carbons (Fsp3) is 0.316. The molecule has 26 heavy (non-hydrogen) atoms. The Balaban J connectivity index is 1.30. The van der Waals surface area contributed by atoms with Crippen molar-refractivity contribution in [1.29, 1.82) is 0 Å². The van der Waals surface area contributed by atoms with Gasteiger partial charge in [0.1, 0.15) is 5.75 Å². The Bertz CT molecular complexity index is 793. The molecule has 0 unspecified atom stereocenters. The summed E-state index contributed by atoms with van der Waals surface area (Å²) in [6.07, 6.45) is 0. The lowest BCUT2D eigenvalue weighted by Crippen LogP contribution is -2.28. The van der Waals surface area contributed by atoms with E-state index in [2.05, 4.69) is 11.4 Å². The first kappa shape index (κ1) is 17.4. The minimum atomic E-state index is -0.149. The largest absolute Gasteiger partial charge is 0.483 e. The van der Waals surface area contributed by atoms with Crippen molar-refractivity contribution in [2.24, 2.45) is 0 Å². The summed E-state index contributed by atoms with van der Waals surface area (Å²) in [6.45, 7) is 0.675. The number of rotatable bonds is 6. The summed E-state index contributed by atoms with van der Waals surface area (Å²) < 4.78 is 16.8. The number of para-hydroxylation sites is 1. The Morgan fingerprint density at radius 1 is 1.12 bits per heavy atom. The van der Waals surface area contributed by atoms with Gasteiger partial charge in [0.15, 0.2) is 18.1 Å². The molecule has 2 aromatic rings. The lowest BCUT2D eigenvalue weighted by atomic mass is 10.2. The predicted molar refractivity (Wildman–Crippen MR) is 104 cm³/mol. The van der Waals surface area contributed by atoms with E-state index in [1.165, 1.54) is 0 Å². The fourth-order valence-electron chi connectivity index (χ4n) is 2.79. The highest BCUT2D eigenvalue weighted by atomic mass is 32.2. The van der Waals surface area contributed by atoms with Gasteiger partial charge in [0.2, 0.25) is 6.79 Å². The van der Waals surface area contributed by atoms with E-state index in [0.717, 1.165) is 34.1 Å². The third-order valence-electron chi connectivity index (χ3n) is 4.08. The van der Waals surface area contributed by atoms with Crippen LogP contribution in [-0.2, 0) is 11.3 Å². The van der Waals surface area contributed by atoms with Crippen molar-refractivity contribution in [3.05, 3.63) is 53.6 Å². The number of nitrogens with one attached hydrogen (secondary N) is 1. The summed E-state index contributed by atoms with van der Waals surface area (Å²) in [4.78, 5) is 12.2. The van der Waals surface area contributed by atoms with Gasteiger partial charge >= 0.3 is 0 Å². The lowest BCUT2D eigenvalue weighted by molar-refractivity contribution is -0.123. The van der Waals surface area contributed by atoms with Gasteiger partial charge in [0.05, 0.1) is 4.58 Å². The maximum absolute atomic E-state index is 12.2. The number of carbonyl (C=O) groups is 1. The van der Waals surface area contributed by atoms with Gasteiger partial charge in [-0.25, -0.2) is 0 Å². The first-order chi connectivity index (χ1) is 12.8. The zero-order chi connectivity index (χ0) is 17.8. The van der Waals surface area contributed by atoms with E-state index in [0.29, 0.717) is 16.9 Å². The Labute approximate surface area is 160 Å². The van der Waals surface area contributed by atoms with Gasteiger partial charge in [0, 0.05) is 23.6 Å². The normalized spacial score (nSPS) is 15.8. The second-order valence-electron chi connectivity index (χ2n) is 5.86. The molecule has 1 fully saturated rings. The van der Waals surface area contributed by atoms with E-state index in [1.54, 1.807) is 0 Å². The van der Waals surface area contributed by atoms with E-state index in [9.17, 15) is 4.79 Å². The monoisotopic (exact) mass is 389 g/mol. The number of amides is 1. The van der Waals surface area contributed by atoms with Crippen molar-refractivity contribution >= 4 is 29.4 Å². The third kappa shape index (κ3) is 4.04. The highest BCUT2D eigenvalue weighted by Gasteiger charge is 2.22.